The Labute approximate surface area is 147 Å². The van der Waals surface area contributed by atoms with Gasteiger partial charge in [-0.2, -0.15) is 0 Å². The topological polar surface area (TPSA) is 66.4 Å². The van der Waals surface area contributed by atoms with E-state index in [0.29, 0.717) is 12.0 Å². The number of rotatable bonds is 5. The van der Waals surface area contributed by atoms with Crippen LogP contribution in [0.3, 0.4) is 0 Å². The maximum atomic E-state index is 12.4. The number of carboxylic acids is 1. The second-order valence-corrected chi connectivity index (χ2v) is 8.24. The van der Waals surface area contributed by atoms with E-state index in [1.165, 1.54) is 0 Å². The maximum Gasteiger partial charge on any atom is 0.305 e. The lowest BCUT2D eigenvalue weighted by molar-refractivity contribution is -0.137. The van der Waals surface area contributed by atoms with E-state index in [2.05, 4.69) is 43.8 Å². The number of carboxylic acid groups (broad SMARTS) is 1. The molecule has 1 atom stereocenters. The minimum atomic E-state index is -0.909. The first kappa shape index (κ1) is 18.4. The molecule has 21 heavy (non-hydrogen) atoms. The molecule has 4 nitrogen and oxygen atoms in total. The number of nitrogens with one attached hydrogen (secondary N) is 1. The van der Waals surface area contributed by atoms with Crippen molar-refractivity contribution in [3.63, 3.8) is 0 Å². The van der Waals surface area contributed by atoms with Gasteiger partial charge < -0.3 is 10.4 Å². The summed E-state index contributed by atoms with van der Waals surface area (Å²) in [6.45, 7) is 6.07. The molecule has 1 amide bonds. The van der Waals surface area contributed by atoms with Gasteiger partial charge in [0.25, 0.3) is 5.91 Å². The first-order chi connectivity index (χ1) is 9.58. The molecule has 0 aromatic heterocycles. The fraction of sp³-hybridized carbons (Fsp3) is 0.467. The van der Waals surface area contributed by atoms with Gasteiger partial charge in [0.15, 0.2) is 0 Å². The van der Waals surface area contributed by atoms with Gasteiger partial charge in [-0.05, 0) is 52.6 Å². The van der Waals surface area contributed by atoms with Crippen LogP contribution in [0, 0.1) is 8.99 Å². The summed E-state index contributed by atoms with van der Waals surface area (Å²) in [6, 6.07) is 5.06. The van der Waals surface area contributed by atoms with E-state index in [1.54, 1.807) is 6.07 Å². The Morgan fingerprint density at radius 1 is 1.38 bits per heavy atom. The van der Waals surface area contributed by atoms with Gasteiger partial charge >= 0.3 is 5.97 Å². The smallest absolute Gasteiger partial charge is 0.305 e. The predicted molar refractivity (Wildman–Crippen MR) is 94.4 cm³/mol. The molecular formula is C15H19BrINO3. The molecule has 0 spiro atoms. The third kappa shape index (κ3) is 6.78. The number of carbonyl (C=O) groups excluding carboxylic acids is 1. The molecule has 1 unspecified atom stereocenters. The maximum absolute atomic E-state index is 12.4. The van der Waals surface area contributed by atoms with Crippen molar-refractivity contribution in [1.82, 2.24) is 5.32 Å². The monoisotopic (exact) mass is 467 g/mol. The van der Waals surface area contributed by atoms with Crippen molar-refractivity contribution in [1.29, 1.82) is 0 Å². The molecular weight excluding hydrogens is 449 g/mol. The highest BCUT2D eigenvalue weighted by Gasteiger charge is 2.23. The van der Waals surface area contributed by atoms with Gasteiger partial charge in [0.05, 0.1) is 12.0 Å². The highest BCUT2D eigenvalue weighted by Crippen LogP contribution is 2.23. The van der Waals surface area contributed by atoms with Crippen LogP contribution >= 0.6 is 38.5 Å². The summed E-state index contributed by atoms with van der Waals surface area (Å²) < 4.78 is 1.65. The number of benzene rings is 1. The van der Waals surface area contributed by atoms with Crippen LogP contribution in [0.5, 0.6) is 0 Å². The van der Waals surface area contributed by atoms with Crippen molar-refractivity contribution >= 4 is 50.4 Å². The zero-order valence-electron chi connectivity index (χ0n) is 12.2. The van der Waals surface area contributed by atoms with Crippen LogP contribution in [0.2, 0.25) is 0 Å². The van der Waals surface area contributed by atoms with Crippen molar-refractivity contribution in [2.75, 3.05) is 0 Å². The number of aliphatic carboxylic acids is 1. The fourth-order valence-corrected chi connectivity index (χ4v) is 3.00. The van der Waals surface area contributed by atoms with Crippen molar-refractivity contribution < 1.29 is 14.7 Å². The van der Waals surface area contributed by atoms with Crippen LogP contribution in [0.4, 0.5) is 0 Å². The van der Waals surface area contributed by atoms with Crippen LogP contribution in [0.25, 0.3) is 0 Å². The minimum Gasteiger partial charge on any atom is -0.481 e. The summed E-state index contributed by atoms with van der Waals surface area (Å²) in [6.07, 6.45) is 0.531. The first-order valence-electron chi connectivity index (χ1n) is 6.56. The molecule has 1 aromatic rings. The molecule has 0 fully saturated rings. The number of amides is 1. The molecule has 0 saturated carbocycles. The number of hydrogen-bond donors (Lipinski definition) is 2. The van der Waals surface area contributed by atoms with E-state index < -0.39 is 5.97 Å². The highest BCUT2D eigenvalue weighted by molar-refractivity contribution is 14.1. The molecule has 0 heterocycles. The second kappa shape index (κ2) is 7.58. The normalized spacial score (nSPS) is 12.8. The average Bonchev–Trinajstić information content (AvgIpc) is 2.28. The Kier molecular flexibility index (Phi) is 6.65. The quantitative estimate of drug-likeness (QED) is 0.641. The largest absolute Gasteiger partial charge is 0.481 e. The summed E-state index contributed by atoms with van der Waals surface area (Å²) in [5.41, 5.74) is 0.493. The molecule has 0 aliphatic heterocycles. The van der Waals surface area contributed by atoms with Crippen molar-refractivity contribution in [3.05, 3.63) is 31.8 Å². The third-order valence-corrected chi connectivity index (χ3v) is 4.22. The summed E-state index contributed by atoms with van der Waals surface area (Å²) in [4.78, 5) is 23.3. The lowest BCUT2D eigenvalue weighted by atomic mass is 9.87. The Morgan fingerprint density at radius 2 is 2.00 bits per heavy atom. The predicted octanol–water partition coefficient (Wildman–Crippen LogP) is 4.06. The van der Waals surface area contributed by atoms with E-state index in [1.807, 2.05) is 32.9 Å². The molecule has 0 aliphatic rings. The van der Waals surface area contributed by atoms with Gasteiger partial charge in [0, 0.05) is 14.1 Å². The van der Waals surface area contributed by atoms with Gasteiger partial charge in [0.1, 0.15) is 0 Å². The average molecular weight is 468 g/mol. The summed E-state index contributed by atoms with van der Waals surface area (Å²) in [5.74, 6) is -1.15. The Hall–Kier alpha value is -0.630. The third-order valence-electron chi connectivity index (χ3n) is 2.79. The van der Waals surface area contributed by atoms with Gasteiger partial charge in [-0.1, -0.05) is 36.7 Å². The zero-order valence-corrected chi connectivity index (χ0v) is 16.0. The van der Waals surface area contributed by atoms with E-state index >= 15 is 0 Å². The van der Waals surface area contributed by atoms with E-state index in [0.717, 1.165) is 8.04 Å². The Bertz CT molecular complexity index is 540. The van der Waals surface area contributed by atoms with E-state index in [4.69, 9.17) is 5.11 Å². The Balaban J connectivity index is 2.89. The van der Waals surface area contributed by atoms with Crippen LogP contribution < -0.4 is 5.32 Å². The molecule has 116 valence electrons. The van der Waals surface area contributed by atoms with Crippen molar-refractivity contribution in [2.24, 2.45) is 5.41 Å². The fourth-order valence-electron chi connectivity index (χ4n) is 2.06. The molecule has 0 bridgehead atoms. The number of carbonyl (C=O) groups is 2. The van der Waals surface area contributed by atoms with Crippen LogP contribution in [0.15, 0.2) is 22.7 Å². The van der Waals surface area contributed by atoms with Crippen LogP contribution in [-0.2, 0) is 4.79 Å². The zero-order chi connectivity index (χ0) is 16.2. The molecule has 0 aliphatic carbocycles. The van der Waals surface area contributed by atoms with Crippen molar-refractivity contribution in [2.45, 2.75) is 39.7 Å². The highest BCUT2D eigenvalue weighted by atomic mass is 127. The van der Waals surface area contributed by atoms with Gasteiger partial charge in [-0.25, -0.2) is 0 Å². The lowest BCUT2D eigenvalue weighted by Gasteiger charge is -2.26. The van der Waals surface area contributed by atoms with Crippen LogP contribution in [-0.4, -0.2) is 23.0 Å². The lowest BCUT2D eigenvalue weighted by Crippen LogP contribution is -2.39. The summed E-state index contributed by atoms with van der Waals surface area (Å²) in [5, 5.41) is 11.8. The molecule has 2 N–H and O–H groups in total. The van der Waals surface area contributed by atoms with E-state index in [9.17, 15) is 9.59 Å². The molecule has 1 rings (SSSR count). The molecule has 1 aromatic carbocycles. The second-order valence-electron chi connectivity index (χ2n) is 6.16. The minimum absolute atomic E-state index is 0.0577. The molecule has 0 radical (unpaired) electrons. The SMILES string of the molecule is CC(C)(C)CC(CC(=O)O)NC(=O)c1cc(Br)ccc1I. The summed E-state index contributed by atoms with van der Waals surface area (Å²) in [7, 11) is 0. The van der Waals surface area contributed by atoms with Crippen LogP contribution in [0.1, 0.15) is 44.0 Å². The van der Waals surface area contributed by atoms with Crippen molar-refractivity contribution in [3.8, 4) is 0 Å². The van der Waals surface area contributed by atoms with E-state index in [-0.39, 0.29) is 23.8 Å². The standard InChI is InChI=1S/C15H19BrINO3/c1-15(2,3)8-10(7-13(19)20)18-14(21)11-6-9(16)4-5-12(11)17/h4-6,10H,7-8H2,1-3H3,(H,18,21)(H,19,20). The number of hydrogen-bond acceptors (Lipinski definition) is 2. The molecule has 6 heteroatoms. The Morgan fingerprint density at radius 3 is 2.52 bits per heavy atom. The summed E-state index contributed by atoms with van der Waals surface area (Å²) >= 11 is 5.44. The van der Waals surface area contributed by atoms with Gasteiger partial charge in [-0.15, -0.1) is 0 Å². The number of halogens is 2. The van der Waals surface area contributed by atoms with Gasteiger partial charge in [-0.3, -0.25) is 9.59 Å². The first-order valence-corrected chi connectivity index (χ1v) is 8.43. The van der Waals surface area contributed by atoms with Gasteiger partial charge in [0.2, 0.25) is 0 Å². The molecule has 0 saturated heterocycles.